The van der Waals surface area contributed by atoms with Crippen molar-refractivity contribution >= 4 is 11.6 Å². The molecule has 2 aromatic carbocycles. The second-order valence-electron chi connectivity index (χ2n) is 7.05. The Bertz CT molecular complexity index is 925. The number of nitrogens with one attached hydrogen (secondary N) is 1. The summed E-state index contributed by atoms with van der Waals surface area (Å²) >= 11 is 0. The molecule has 3 rings (SSSR count). The average molecular weight is 404 g/mol. The average Bonchev–Trinajstić information content (AvgIpc) is 2.69. The van der Waals surface area contributed by atoms with Gasteiger partial charge in [0.05, 0.1) is 12.7 Å². The Hall–Kier alpha value is -2.80. The van der Waals surface area contributed by atoms with Gasteiger partial charge in [-0.2, -0.15) is 13.2 Å². The lowest BCUT2D eigenvalue weighted by atomic mass is 9.90. The Morgan fingerprint density at radius 3 is 2.72 bits per heavy atom. The minimum absolute atomic E-state index is 0.0874. The van der Waals surface area contributed by atoms with Gasteiger partial charge in [0, 0.05) is 23.8 Å². The fourth-order valence-electron chi connectivity index (χ4n) is 3.64. The maximum atomic E-state index is 13.2. The number of amides is 1. The molecule has 1 amide bonds. The number of likely N-dealkylation sites (N-methyl/N-ethyl adjacent to an activating group) is 1. The highest BCUT2D eigenvalue weighted by molar-refractivity contribution is 6.04. The minimum atomic E-state index is -4.62. The summed E-state index contributed by atoms with van der Waals surface area (Å²) < 4.78 is 44.4. The number of anilines is 1. The van der Waals surface area contributed by atoms with Gasteiger partial charge in [0.2, 0.25) is 0 Å². The van der Waals surface area contributed by atoms with Crippen molar-refractivity contribution in [1.29, 1.82) is 0 Å². The van der Waals surface area contributed by atoms with Gasteiger partial charge in [-0.3, -0.25) is 9.69 Å². The van der Waals surface area contributed by atoms with Crippen LogP contribution in [-0.2, 0) is 12.6 Å². The first-order chi connectivity index (χ1) is 13.7. The summed E-state index contributed by atoms with van der Waals surface area (Å²) in [6, 6.07) is 9.07. The van der Waals surface area contributed by atoms with Gasteiger partial charge in [-0.1, -0.05) is 12.1 Å². The van der Waals surface area contributed by atoms with E-state index >= 15 is 0 Å². The Kier molecular flexibility index (Phi) is 5.98. The number of methoxy groups -OCH3 is 1. The second kappa shape index (κ2) is 8.29. The number of benzene rings is 2. The van der Waals surface area contributed by atoms with Crippen molar-refractivity contribution in [3.8, 4) is 5.75 Å². The molecule has 1 atom stereocenters. The number of carbonyl (C=O) groups excluding carboxylic acids is 1. The van der Waals surface area contributed by atoms with Crippen LogP contribution >= 0.6 is 0 Å². The molecule has 0 aromatic heterocycles. The number of ether oxygens (including phenoxy) is 1. The van der Waals surface area contributed by atoms with Gasteiger partial charge in [0.15, 0.2) is 0 Å². The van der Waals surface area contributed by atoms with Gasteiger partial charge in [-0.15, -0.1) is 6.58 Å². The van der Waals surface area contributed by atoms with Crippen molar-refractivity contribution in [2.24, 2.45) is 0 Å². The largest absolute Gasteiger partial charge is 0.496 e. The second-order valence-corrected chi connectivity index (χ2v) is 7.05. The van der Waals surface area contributed by atoms with Crippen LogP contribution in [0.4, 0.5) is 18.9 Å². The third kappa shape index (κ3) is 4.45. The fraction of sp³-hybridized carbons (Fsp3) is 0.318. The zero-order chi connectivity index (χ0) is 21.2. The van der Waals surface area contributed by atoms with Crippen LogP contribution in [0.15, 0.2) is 49.1 Å². The van der Waals surface area contributed by atoms with Crippen LogP contribution in [0.2, 0.25) is 0 Å². The van der Waals surface area contributed by atoms with E-state index in [4.69, 9.17) is 4.74 Å². The van der Waals surface area contributed by atoms with E-state index in [1.54, 1.807) is 6.07 Å². The van der Waals surface area contributed by atoms with Crippen LogP contribution in [0.3, 0.4) is 0 Å². The lowest BCUT2D eigenvalue weighted by Gasteiger charge is -2.34. The molecule has 0 fully saturated rings. The Morgan fingerprint density at radius 2 is 2.07 bits per heavy atom. The van der Waals surface area contributed by atoms with E-state index in [1.807, 2.05) is 25.3 Å². The Balaban J connectivity index is 1.87. The van der Waals surface area contributed by atoms with Crippen molar-refractivity contribution in [2.75, 3.05) is 26.0 Å². The zero-order valence-electron chi connectivity index (χ0n) is 16.3. The van der Waals surface area contributed by atoms with E-state index in [2.05, 4.69) is 16.8 Å². The van der Waals surface area contributed by atoms with Gasteiger partial charge in [0.25, 0.3) is 5.91 Å². The molecule has 1 aliphatic heterocycles. The van der Waals surface area contributed by atoms with Gasteiger partial charge >= 0.3 is 6.18 Å². The molecule has 7 heteroatoms. The molecule has 0 saturated carbocycles. The molecule has 1 heterocycles. The number of rotatable bonds is 5. The summed E-state index contributed by atoms with van der Waals surface area (Å²) in [6.07, 6.45) is -1.08. The van der Waals surface area contributed by atoms with Crippen LogP contribution < -0.4 is 10.1 Å². The molecule has 2 aromatic rings. The highest BCUT2D eigenvalue weighted by atomic mass is 19.4. The lowest BCUT2D eigenvalue weighted by molar-refractivity contribution is -0.138. The van der Waals surface area contributed by atoms with Gasteiger partial charge in [0.1, 0.15) is 5.75 Å². The standard InChI is InChI=1S/C22H23F3N2O2/c1-4-5-19-17-13-16(8-6-14(17)10-11-27(19)2)26-21(28)15-7-9-20(29-3)18(12-15)22(23,24)25/h4,6-9,12-13,19H,1,5,10-11H2,2-3H3,(H,26,28). The van der Waals surface area contributed by atoms with Crippen molar-refractivity contribution in [3.63, 3.8) is 0 Å². The first kappa shape index (κ1) is 20.9. The SMILES string of the molecule is C=CCC1c2cc(NC(=O)c3ccc(OC)c(C(F)(F)F)c3)ccc2CCN1C. The first-order valence-corrected chi connectivity index (χ1v) is 9.25. The minimum Gasteiger partial charge on any atom is -0.496 e. The third-order valence-corrected chi connectivity index (χ3v) is 5.19. The van der Waals surface area contributed by atoms with Crippen molar-refractivity contribution < 1.29 is 22.7 Å². The van der Waals surface area contributed by atoms with Crippen LogP contribution in [0.25, 0.3) is 0 Å². The van der Waals surface area contributed by atoms with Gasteiger partial charge in [-0.05, 0) is 61.3 Å². The third-order valence-electron chi connectivity index (χ3n) is 5.19. The summed E-state index contributed by atoms with van der Waals surface area (Å²) in [4.78, 5) is 14.8. The first-order valence-electron chi connectivity index (χ1n) is 9.25. The number of nitrogens with zero attached hydrogens (tertiary/aromatic N) is 1. The molecule has 1 unspecified atom stereocenters. The summed E-state index contributed by atoms with van der Waals surface area (Å²) in [5.41, 5.74) is 1.78. The van der Waals surface area contributed by atoms with Gasteiger partial charge < -0.3 is 10.1 Å². The van der Waals surface area contributed by atoms with Crippen LogP contribution in [0.5, 0.6) is 5.75 Å². The van der Waals surface area contributed by atoms with Crippen molar-refractivity contribution in [3.05, 3.63) is 71.3 Å². The van der Waals surface area contributed by atoms with Crippen LogP contribution in [0.1, 0.15) is 39.5 Å². The van der Waals surface area contributed by atoms with E-state index in [1.165, 1.54) is 11.6 Å². The Morgan fingerprint density at radius 1 is 1.31 bits per heavy atom. The lowest BCUT2D eigenvalue weighted by Crippen LogP contribution is -2.32. The van der Waals surface area contributed by atoms with Crippen LogP contribution in [-0.4, -0.2) is 31.5 Å². The number of hydrogen-bond donors (Lipinski definition) is 1. The number of alkyl halides is 3. The number of fused-ring (bicyclic) bond motifs is 1. The number of hydrogen-bond acceptors (Lipinski definition) is 3. The maximum absolute atomic E-state index is 13.2. The van der Waals surface area contributed by atoms with Crippen molar-refractivity contribution in [2.45, 2.75) is 25.1 Å². The summed E-state index contributed by atoms with van der Waals surface area (Å²) in [5.74, 6) is -0.930. The summed E-state index contributed by atoms with van der Waals surface area (Å²) in [6.45, 7) is 4.75. The highest BCUT2D eigenvalue weighted by Gasteiger charge is 2.35. The number of halogens is 3. The molecular formula is C22H23F3N2O2. The molecule has 0 radical (unpaired) electrons. The molecule has 0 spiro atoms. The van der Waals surface area contributed by atoms with E-state index in [-0.39, 0.29) is 17.4 Å². The highest BCUT2D eigenvalue weighted by Crippen LogP contribution is 2.37. The topological polar surface area (TPSA) is 41.6 Å². The molecule has 1 aliphatic rings. The molecule has 29 heavy (non-hydrogen) atoms. The predicted molar refractivity (Wildman–Crippen MR) is 106 cm³/mol. The van der Waals surface area contributed by atoms with Crippen LogP contribution in [0, 0.1) is 0 Å². The fourth-order valence-corrected chi connectivity index (χ4v) is 3.64. The zero-order valence-corrected chi connectivity index (χ0v) is 16.3. The number of carbonyl (C=O) groups is 1. The smallest absolute Gasteiger partial charge is 0.419 e. The quantitative estimate of drug-likeness (QED) is 0.708. The molecule has 0 saturated heterocycles. The predicted octanol–water partition coefficient (Wildman–Crippen LogP) is 5.07. The molecule has 154 valence electrons. The van der Waals surface area contributed by atoms with Gasteiger partial charge in [-0.25, -0.2) is 0 Å². The molecule has 0 bridgehead atoms. The van der Waals surface area contributed by atoms with E-state index in [0.29, 0.717) is 5.69 Å². The Labute approximate surface area is 168 Å². The summed E-state index contributed by atoms with van der Waals surface area (Å²) in [5, 5.41) is 2.71. The molecular weight excluding hydrogens is 381 g/mol. The molecule has 0 aliphatic carbocycles. The normalized spacial score (nSPS) is 16.8. The molecule has 4 nitrogen and oxygen atoms in total. The van der Waals surface area contributed by atoms with E-state index in [0.717, 1.165) is 44.2 Å². The summed E-state index contributed by atoms with van der Waals surface area (Å²) in [7, 11) is 3.20. The van der Waals surface area contributed by atoms with Crippen molar-refractivity contribution in [1.82, 2.24) is 4.90 Å². The maximum Gasteiger partial charge on any atom is 0.419 e. The van der Waals surface area contributed by atoms with E-state index in [9.17, 15) is 18.0 Å². The molecule has 1 N–H and O–H groups in total. The van der Waals surface area contributed by atoms with E-state index < -0.39 is 17.6 Å². The monoisotopic (exact) mass is 404 g/mol.